The molecule has 0 aliphatic carbocycles. The molecule has 0 N–H and O–H groups in total. The number of hydrogen-bond donors (Lipinski definition) is 0. The predicted molar refractivity (Wildman–Crippen MR) is 119 cm³/mol. The van der Waals surface area contributed by atoms with Crippen LogP contribution < -0.4 is 5.76 Å². The quantitative estimate of drug-likeness (QED) is 0.334. The normalized spacial score (nSPS) is 13.3. The van der Waals surface area contributed by atoms with Gasteiger partial charge in [-0.15, -0.1) is 0 Å². The number of amides is 2. The number of imide groups is 1. The lowest BCUT2D eigenvalue weighted by Gasteiger charge is -2.32. The van der Waals surface area contributed by atoms with Gasteiger partial charge in [-0.3, -0.25) is 9.09 Å². The number of methoxy groups -OCH3 is 1. The zero-order valence-electron chi connectivity index (χ0n) is 20.9. The number of aromatic nitrogens is 2. The smallest absolute Gasteiger partial charge is 0.441 e. The molecule has 0 radical (unpaired) electrons. The zero-order chi connectivity index (χ0) is 25.6. The van der Waals surface area contributed by atoms with Crippen molar-refractivity contribution in [3.05, 3.63) is 28.0 Å². The largest absolute Gasteiger partial charge is 0.467 e. The van der Waals surface area contributed by atoms with Gasteiger partial charge in [0, 0.05) is 0 Å². The summed E-state index contributed by atoms with van der Waals surface area (Å²) >= 11 is 0. The second-order valence-corrected chi connectivity index (χ2v) is 9.58. The number of carbonyl (C=O) groups is 3. The first-order valence-corrected chi connectivity index (χ1v) is 10.6. The molecule has 1 rings (SSSR count). The summed E-state index contributed by atoms with van der Waals surface area (Å²) in [6.07, 6.45) is 0.114. The van der Waals surface area contributed by atoms with E-state index in [1.54, 1.807) is 61.5 Å². The average molecular weight is 470 g/mol. The first-order valence-electron chi connectivity index (χ1n) is 10.6. The maximum Gasteiger partial charge on any atom is 0.441 e. The monoisotopic (exact) mass is 469 g/mol. The molecule has 11 heteroatoms. The standard InChI is InChI=1S/C22H35N3O8/c1-14(13-24-15(2)23-33-18(24)27)11-10-12-16(17(26)30-9)25(19(28)31-21(3,4)5)20(29)32-22(6,7)8/h11,16H,10,12-13H2,1-9H3/b14-11-/t16-/m0/s1. The minimum absolute atomic E-state index is 0.0556. The van der Waals surface area contributed by atoms with E-state index in [9.17, 15) is 19.2 Å². The van der Waals surface area contributed by atoms with Crippen LogP contribution in [0.15, 0.2) is 21.0 Å². The molecule has 0 aliphatic rings. The Morgan fingerprint density at radius 2 is 1.61 bits per heavy atom. The predicted octanol–water partition coefficient (Wildman–Crippen LogP) is 3.59. The van der Waals surface area contributed by atoms with Crippen LogP contribution in [0.25, 0.3) is 0 Å². The number of nitrogens with zero attached hydrogens (tertiary/aromatic N) is 3. The Balaban J connectivity index is 3.13. The Hall–Kier alpha value is -3.11. The molecule has 1 aromatic heterocycles. The van der Waals surface area contributed by atoms with E-state index in [1.165, 1.54) is 11.7 Å². The van der Waals surface area contributed by atoms with Gasteiger partial charge in [-0.25, -0.2) is 19.2 Å². The van der Waals surface area contributed by atoms with Gasteiger partial charge < -0.3 is 14.2 Å². The third-order valence-corrected chi connectivity index (χ3v) is 4.17. The number of ether oxygens (including phenoxy) is 3. The van der Waals surface area contributed by atoms with Gasteiger partial charge in [-0.05, 0) is 68.2 Å². The minimum Gasteiger partial charge on any atom is -0.467 e. The highest BCUT2D eigenvalue weighted by Gasteiger charge is 2.40. The molecular weight excluding hydrogens is 434 g/mol. The zero-order valence-corrected chi connectivity index (χ0v) is 20.9. The molecule has 2 amide bonds. The summed E-state index contributed by atoms with van der Waals surface area (Å²) in [5.74, 6) is -0.932. The molecule has 0 spiro atoms. The van der Waals surface area contributed by atoms with Crippen molar-refractivity contribution in [1.29, 1.82) is 0 Å². The molecule has 1 atom stereocenters. The minimum atomic E-state index is -1.27. The van der Waals surface area contributed by atoms with Gasteiger partial charge in [-0.1, -0.05) is 16.8 Å². The molecule has 0 fully saturated rings. The van der Waals surface area contributed by atoms with Crippen molar-refractivity contribution in [3.63, 3.8) is 0 Å². The molecule has 0 bridgehead atoms. The first-order chi connectivity index (χ1) is 15.1. The lowest BCUT2D eigenvalue weighted by Crippen LogP contribution is -2.52. The molecule has 186 valence electrons. The highest BCUT2D eigenvalue weighted by atomic mass is 16.6. The van der Waals surface area contributed by atoms with E-state index >= 15 is 0 Å². The summed E-state index contributed by atoms with van der Waals surface area (Å²) < 4.78 is 21.5. The van der Waals surface area contributed by atoms with Crippen molar-refractivity contribution in [2.45, 2.75) is 92.0 Å². The summed E-state index contributed by atoms with van der Waals surface area (Å²) in [6, 6.07) is -1.27. The van der Waals surface area contributed by atoms with Gasteiger partial charge in [0.05, 0.1) is 13.7 Å². The number of rotatable bonds is 7. The number of carbonyl (C=O) groups excluding carboxylic acids is 3. The van der Waals surface area contributed by atoms with Crippen molar-refractivity contribution in [2.75, 3.05) is 7.11 Å². The first kappa shape index (κ1) is 27.9. The molecule has 0 saturated heterocycles. The summed E-state index contributed by atoms with van der Waals surface area (Å²) in [5, 5.41) is 3.61. The van der Waals surface area contributed by atoms with E-state index in [1.807, 2.05) is 0 Å². The SMILES string of the molecule is COC(=O)[C@H](CC/C=C(/C)Cn1c(C)noc1=O)N(C(=O)OC(C)(C)C)C(=O)OC(C)(C)C. The maximum absolute atomic E-state index is 12.9. The molecule has 33 heavy (non-hydrogen) atoms. The van der Waals surface area contributed by atoms with Gasteiger partial charge in [0.25, 0.3) is 0 Å². The van der Waals surface area contributed by atoms with E-state index in [2.05, 4.69) is 9.68 Å². The van der Waals surface area contributed by atoms with E-state index in [0.717, 1.165) is 5.57 Å². The number of aryl methyl sites for hydroxylation is 1. The molecule has 1 heterocycles. The van der Waals surface area contributed by atoms with Gasteiger partial charge in [-0.2, -0.15) is 4.90 Å². The summed E-state index contributed by atoms with van der Waals surface area (Å²) in [5.41, 5.74) is -1.01. The van der Waals surface area contributed by atoms with Crippen molar-refractivity contribution in [3.8, 4) is 0 Å². The fraction of sp³-hybridized carbons (Fsp3) is 0.682. The Morgan fingerprint density at radius 3 is 2.00 bits per heavy atom. The Labute approximate surface area is 193 Å². The van der Waals surface area contributed by atoms with E-state index in [0.29, 0.717) is 17.1 Å². The fourth-order valence-electron chi connectivity index (χ4n) is 2.76. The second-order valence-electron chi connectivity index (χ2n) is 9.58. The topological polar surface area (TPSA) is 130 Å². The van der Waals surface area contributed by atoms with Gasteiger partial charge in [0.2, 0.25) is 0 Å². The van der Waals surface area contributed by atoms with E-state index in [-0.39, 0.29) is 13.0 Å². The van der Waals surface area contributed by atoms with Crippen LogP contribution in [0.4, 0.5) is 9.59 Å². The van der Waals surface area contributed by atoms with Gasteiger partial charge >= 0.3 is 23.9 Å². The molecule has 0 saturated carbocycles. The van der Waals surface area contributed by atoms with Gasteiger partial charge in [0.1, 0.15) is 17.2 Å². The average Bonchev–Trinajstić information content (AvgIpc) is 2.95. The van der Waals surface area contributed by atoms with E-state index in [4.69, 9.17) is 14.2 Å². The third-order valence-electron chi connectivity index (χ3n) is 4.17. The highest BCUT2D eigenvalue weighted by Crippen LogP contribution is 2.20. The van der Waals surface area contributed by atoms with Crippen LogP contribution in [0.3, 0.4) is 0 Å². The molecule has 11 nitrogen and oxygen atoms in total. The summed E-state index contributed by atoms with van der Waals surface area (Å²) in [7, 11) is 1.17. The van der Waals surface area contributed by atoms with Crippen LogP contribution in [-0.2, 0) is 25.5 Å². The van der Waals surface area contributed by atoms with Crippen LogP contribution in [0.2, 0.25) is 0 Å². The van der Waals surface area contributed by atoms with Crippen LogP contribution >= 0.6 is 0 Å². The lowest BCUT2D eigenvalue weighted by atomic mass is 10.1. The Kier molecular flexibility index (Phi) is 9.44. The molecule has 1 aromatic rings. The van der Waals surface area contributed by atoms with Crippen molar-refractivity contribution in [1.82, 2.24) is 14.6 Å². The van der Waals surface area contributed by atoms with Crippen molar-refractivity contribution in [2.24, 2.45) is 0 Å². The van der Waals surface area contributed by atoms with Crippen LogP contribution in [0, 0.1) is 6.92 Å². The lowest BCUT2D eigenvalue weighted by molar-refractivity contribution is -0.146. The molecular formula is C22H35N3O8. The molecule has 0 aromatic carbocycles. The van der Waals surface area contributed by atoms with Gasteiger partial charge in [0.15, 0.2) is 5.82 Å². The maximum atomic E-state index is 12.9. The number of esters is 1. The number of allylic oxidation sites excluding steroid dienone is 2. The third kappa shape index (κ3) is 9.11. The second kappa shape index (κ2) is 11.2. The van der Waals surface area contributed by atoms with Crippen LogP contribution in [0.1, 0.15) is 67.1 Å². The molecule has 0 aliphatic heterocycles. The Morgan fingerprint density at radius 1 is 1.09 bits per heavy atom. The van der Waals surface area contributed by atoms with Crippen LogP contribution in [-0.4, -0.2) is 57.1 Å². The van der Waals surface area contributed by atoms with Crippen LogP contribution in [0.5, 0.6) is 0 Å². The summed E-state index contributed by atoms with van der Waals surface area (Å²) in [6.45, 7) is 13.6. The number of hydrogen-bond acceptors (Lipinski definition) is 9. The Bertz CT molecular complexity index is 903. The van der Waals surface area contributed by atoms with Crippen molar-refractivity contribution >= 4 is 18.2 Å². The highest BCUT2D eigenvalue weighted by molar-refractivity contribution is 5.94. The van der Waals surface area contributed by atoms with Crippen molar-refractivity contribution < 1.29 is 33.1 Å². The fourth-order valence-corrected chi connectivity index (χ4v) is 2.76. The summed E-state index contributed by atoms with van der Waals surface area (Å²) in [4.78, 5) is 50.6. The van der Waals surface area contributed by atoms with E-state index < -0.39 is 41.2 Å². The molecule has 0 unspecified atom stereocenters.